The Kier molecular flexibility index (Phi) is 2.95. The molecule has 2 aromatic carbocycles. The molecule has 3 nitrogen and oxygen atoms in total. The lowest BCUT2D eigenvalue weighted by Gasteiger charge is -2.20. The van der Waals surface area contributed by atoms with Gasteiger partial charge in [-0.2, -0.15) is 0 Å². The maximum Gasteiger partial charge on any atom is 0.196 e. The molecule has 0 heterocycles. The first-order chi connectivity index (χ1) is 9.24. The van der Waals surface area contributed by atoms with Crippen molar-refractivity contribution >= 4 is 33.2 Å². The van der Waals surface area contributed by atoms with E-state index in [2.05, 4.69) is 21.2 Å². The molecule has 0 aromatic heterocycles. The zero-order valence-corrected chi connectivity index (χ0v) is 11.5. The van der Waals surface area contributed by atoms with Crippen LogP contribution < -0.4 is 5.32 Å². The summed E-state index contributed by atoms with van der Waals surface area (Å²) in [6, 6.07) is 12.2. The van der Waals surface area contributed by atoms with Crippen molar-refractivity contribution in [3.8, 4) is 0 Å². The van der Waals surface area contributed by atoms with Gasteiger partial charge in [-0.1, -0.05) is 52.3 Å². The van der Waals surface area contributed by atoms with Crippen LogP contribution in [0.5, 0.6) is 0 Å². The van der Waals surface area contributed by atoms with Crippen molar-refractivity contribution in [3.63, 3.8) is 0 Å². The lowest BCUT2D eigenvalue weighted by molar-refractivity contribution is 0.0979. The van der Waals surface area contributed by atoms with Crippen LogP contribution in [0.25, 0.3) is 0 Å². The minimum atomic E-state index is -0.103. The number of halogens is 1. The highest BCUT2D eigenvalue weighted by atomic mass is 79.9. The standard InChI is InChI=1S/C15H10BrNO2/c16-8-17-12-7-3-6-11-13(12)15(19)10-5-2-1-4-9(10)14(11)18/h1-7,17H,8H2. The molecule has 94 valence electrons. The maximum absolute atomic E-state index is 12.5. The third-order valence-corrected chi connectivity index (χ3v) is 3.49. The van der Waals surface area contributed by atoms with E-state index >= 15 is 0 Å². The Hall–Kier alpha value is -1.94. The molecule has 0 saturated heterocycles. The number of hydrogen-bond donors (Lipinski definition) is 1. The number of hydrogen-bond acceptors (Lipinski definition) is 3. The number of carbonyl (C=O) groups excluding carboxylic acids is 2. The van der Waals surface area contributed by atoms with Crippen LogP contribution in [0.15, 0.2) is 42.5 Å². The van der Waals surface area contributed by atoms with E-state index in [9.17, 15) is 9.59 Å². The number of rotatable bonds is 2. The van der Waals surface area contributed by atoms with E-state index in [4.69, 9.17) is 0 Å². The predicted molar refractivity (Wildman–Crippen MR) is 77.2 cm³/mol. The Morgan fingerprint density at radius 3 is 2.16 bits per heavy atom. The van der Waals surface area contributed by atoms with Gasteiger partial charge in [-0.3, -0.25) is 9.59 Å². The Morgan fingerprint density at radius 1 is 0.842 bits per heavy atom. The number of alkyl halides is 1. The molecule has 0 unspecified atom stereocenters. The second-order valence-corrected chi connectivity index (χ2v) is 4.80. The highest BCUT2D eigenvalue weighted by Gasteiger charge is 2.30. The van der Waals surface area contributed by atoms with Gasteiger partial charge >= 0.3 is 0 Å². The summed E-state index contributed by atoms with van der Waals surface area (Å²) >= 11 is 3.27. The van der Waals surface area contributed by atoms with Crippen LogP contribution in [-0.2, 0) is 0 Å². The third kappa shape index (κ3) is 1.79. The largest absolute Gasteiger partial charge is 0.375 e. The van der Waals surface area contributed by atoms with Crippen molar-refractivity contribution in [1.82, 2.24) is 0 Å². The Balaban J connectivity index is 2.27. The number of anilines is 1. The molecule has 3 rings (SSSR count). The van der Waals surface area contributed by atoms with Crippen LogP contribution >= 0.6 is 15.9 Å². The highest BCUT2D eigenvalue weighted by molar-refractivity contribution is 9.09. The fourth-order valence-electron chi connectivity index (χ4n) is 2.36. The number of ketones is 2. The predicted octanol–water partition coefficient (Wildman–Crippen LogP) is 3.23. The molecule has 1 aliphatic rings. The van der Waals surface area contributed by atoms with Crippen molar-refractivity contribution in [2.24, 2.45) is 0 Å². The first-order valence-corrected chi connectivity index (χ1v) is 6.97. The maximum atomic E-state index is 12.5. The van der Waals surface area contributed by atoms with Gasteiger partial charge in [-0.05, 0) is 6.07 Å². The van der Waals surface area contributed by atoms with Crippen molar-refractivity contribution in [2.75, 3.05) is 10.8 Å². The molecule has 0 atom stereocenters. The molecule has 0 aliphatic heterocycles. The van der Waals surface area contributed by atoms with Crippen LogP contribution in [-0.4, -0.2) is 17.0 Å². The number of benzene rings is 2. The summed E-state index contributed by atoms with van der Waals surface area (Å²) in [5.41, 5.74) is 3.09. The minimum absolute atomic E-state index is 0.0941. The summed E-state index contributed by atoms with van der Waals surface area (Å²) in [6.45, 7) is 0. The molecular weight excluding hydrogens is 306 g/mol. The molecule has 0 fully saturated rings. The van der Waals surface area contributed by atoms with E-state index in [0.29, 0.717) is 33.4 Å². The SMILES string of the molecule is O=C1c2ccccc2C(=O)c2c(NCBr)cccc21. The first kappa shape index (κ1) is 12.1. The summed E-state index contributed by atoms with van der Waals surface area (Å²) < 4.78 is 0. The van der Waals surface area contributed by atoms with Gasteiger partial charge < -0.3 is 5.32 Å². The van der Waals surface area contributed by atoms with Crippen molar-refractivity contribution in [1.29, 1.82) is 0 Å². The van der Waals surface area contributed by atoms with Gasteiger partial charge in [-0.25, -0.2) is 0 Å². The zero-order valence-electron chi connectivity index (χ0n) is 9.94. The minimum Gasteiger partial charge on any atom is -0.375 e. The van der Waals surface area contributed by atoms with Crippen LogP contribution in [0.1, 0.15) is 31.8 Å². The molecule has 4 heteroatoms. The fourth-order valence-corrected chi connectivity index (χ4v) is 2.67. The molecule has 19 heavy (non-hydrogen) atoms. The zero-order chi connectivity index (χ0) is 13.4. The Bertz CT molecular complexity index is 694. The molecule has 0 saturated carbocycles. The van der Waals surface area contributed by atoms with Crippen LogP contribution in [0.2, 0.25) is 0 Å². The number of carbonyl (C=O) groups is 2. The van der Waals surface area contributed by atoms with E-state index in [-0.39, 0.29) is 11.6 Å². The first-order valence-electron chi connectivity index (χ1n) is 5.85. The van der Waals surface area contributed by atoms with Gasteiger partial charge in [0.15, 0.2) is 11.6 Å². The van der Waals surface area contributed by atoms with E-state index in [1.807, 2.05) is 0 Å². The second-order valence-electron chi connectivity index (χ2n) is 4.24. The second kappa shape index (κ2) is 4.63. The average Bonchev–Trinajstić information content (AvgIpc) is 2.45. The van der Waals surface area contributed by atoms with Crippen molar-refractivity contribution in [3.05, 3.63) is 64.7 Å². The van der Waals surface area contributed by atoms with Gasteiger partial charge in [0.1, 0.15) is 0 Å². The van der Waals surface area contributed by atoms with Crippen molar-refractivity contribution in [2.45, 2.75) is 0 Å². The monoisotopic (exact) mass is 315 g/mol. The van der Waals surface area contributed by atoms with E-state index in [1.54, 1.807) is 42.5 Å². The summed E-state index contributed by atoms with van der Waals surface area (Å²) in [5.74, 6) is -0.197. The Morgan fingerprint density at radius 2 is 1.47 bits per heavy atom. The van der Waals surface area contributed by atoms with E-state index < -0.39 is 0 Å². The summed E-state index contributed by atoms with van der Waals surface area (Å²) in [6.07, 6.45) is 0. The quantitative estimate of drug-likeness (QED) is 0.583. The van der Waals surface area contributed by atoms with Crippen molar-refractivity contribution < 1.29 is 9.59 Å². The highest BCUT2D eigenvalue weighted by Crippen LogP contribution is 2.31. The number of fused-ring (bicyclic) bond motifs is 2. The van der Waals surface area contributed by atoms with Gasteiger partial charge in [0, 0.05) is 22.4 Å². The third-order valence-electron chi connectivity index (χ3n) is 3.21. The average molecular weight is 316 g/mol. The lowest BCUT2D eigenvalue weighted by Crippen LogP contribution is -2.22. The van der Waals surface area contributed by atoms with Gasteiger partial charge in [0.05, 0.1) is 11.0 Å². The molecule has 0 bridgehead atoms. The van der Waals surface area contributed by atoms with E-state index in [1.165, 1.54) is 0 Å². The van der Waals surface area contributed by atoms with Gasteiger partial charge in [0.25, 0.3) is 0 Å². The number of nitrogens with one attached hydrogen (secondary N) is 1. The summed E-state index contributed by atoms with van der Waals surface area (Å²) in [4.78, 5) is 25.0. The smallest absolute Gasteiger partial charge is 0.196 e. The molecule has 0 radical (unpaired) electrons. The normalized spacial score (nSPS) is 12.9. The van der Waals surface area contributed by atoms with Gasteiger partial charge in [0.2, 0.25) is 0 Å². The molecule has 0 spiro atoms. The lowest BCUT2D eigenvalue weighted by atomic mass is 9.83. The van der Waals surface area contributed by atoms with E-state index in [0.717, 1.165) is 0 Å². The topological polar surface area (TPSA) is 46.2 Å². The van der Waals surface area contributed by atoms with Crippen LogP contribution in [0, 0.1) is 0 Å². The molecule has 2 aromatic rings. The van der Waals surface area contributed by atoms with Crippen LogP contribution in [0.3, 0.4) is 0 Å². The summed E-state index contributed by atoms with van der Waals surface area (Å²) in [5, 5.41) is 3.06. The molecule has 1 N–H and O–H groups in total. The van der Waals surface area contributed by atoms with Gasteiger partial charge in [-0.15, -0.1) is 0 Å². The summed E-state index contributed by atoms with van der Waals surface area (Å²) in [7, 11) is 0. The molecular formula is C15H10BrNO2. The molecule has 0 amide bonds. The fraction of sp³-hybridized carbons (Fsp3) is 0.0667. The Labute approximate surface area is 118 Å². The molecule has 1 aliphatic carbocycles. The van der Waals surface area contributed by atoms with Crippen LogP contribution in [0.4, 0.5) is 5.69 Å².